The fourth-order valence-corrected chi connectivity index (χ4v) is 2.20. The SMILES string of the molecule is CCCCCCCCC(O)Cc1cccc(F)c1. The van der Waals surface area contributed by atoms with Crippen LogP contribution in [0.3, 0.4) is 0 Å². The minimum atomic E-state index is -0.335. The zero-order valence-corrected chi connectivity index (χ0v) is 11.4. The second-order valence-electron chi connectivity index (χ2n) is 5.04. The Bertz CT molecular complexity index is 325. The van der Waals surface area contributed by atoms with E-state index in [1.54, 1.807) is 6.07 Å². The van der Waals surface area contributed by atoms with Crippen molar-refractivity contribution in [2.45, 2.75) is 64.4 Å². The van der Waals surface area contributed by atoms with Crippen LogP contribution in [0.1, 0.15) is 57.4 Å². The number of benzene rings is 1. The van der Waals surface area contributed by atoms with Gasteiger partial charge in [-0.05, 0) is 30.5 Å². The second-order valence-corrected chi connectivity index (χ2v) is 5.04. The van der Waals surface area contributed by atoms with Crippen LogP contribution in [-0.2, 0) is 6.42 Å². The van der Waals surface area contributed by atoms with Crippen molar-refractivity contribution < 1.29 is 9.50 Å². The molecule has 0 amide bonds. The molecule has 1 aromatic carbocycles. The Morgan fingerprint density at radius 3 is 2.56 bits per heavy atom. The highest BCUT2D eigenvalue weighted by Gasteiger charge is 2.06. The van der Waals surface area contributed by atoms with Crippen molar-refractivity contribution in [2.24, 2.45) is 0 Å². The predicted octanol–water partition coefficient (Wildman–Crippen LogP) is 4.48. The zero-order valence-electron chi connectivity index (χ0n) is 11.4. The van der Waals surface area contributed by atoms with Crippen molar-refractivity contribution >= 4 is 0 Å². The summed E-state index contributed by atoms with van der Waals surface area (Å²) in [5.74, 6) is -0.223. The van der Waals surface area contributed by atoms with Gasteiger partial charge in [-0.3, -0.25) is 0 Å². The molecule has 102 valence electrons. The lowest BCUT2D eigenvalue weighted by Crippen LogP contribution is -2.10. The van der Waals surface area contributed by atoms with Crippen LogP contribution in [0, 0.1) is 5.82 Å². The molecular formula is C16H25FO. The number of halogens is 1. The minimum Gasteiger partial charge on any atom is -0.393 e. The maximum atomic E-state index is 13.0. The van der Waals surface area contributed by atoms with Gasteiger partial charge in [0, 0.05) is 0 Å². The minimum absolute atomic E-state index is 0.223. The summed E-state index contributed by atoms with van der Waals surface area (Å²) in [6.45, 7) is 2.21. The molecule has 1 unspecified atom stereocenters. The Hall–Kier alpha value is -0.890. The molecule has 0 aliphatic heterocycles. The van der Waals surface area contributed by atoms with Gasteiger partial charge >= 0.3 is 0 Å². The smallest absolute Gasteiger partial charge is 0.123 e. The van der Waals surface area contributed by atoms with Crippen molar-refractivity contribution in [3.05, 3.63) is 35.6 Å². The molecule has 0 aliphatic rings. The lowest BCUT2D eigenvalue weighted by molar-refractivity contribution is 0.161. The molecule has 1 aromatic rings. The summed E-state index contributed by atoms with van der Waals surface area (Å²) in [5, 5.41) is 9.87. The van der Waals surface area contributed by atoms with E-state index in [0.29, 0.717) is 6.42 Å². The Kier molecular flexibility index (Phi) is 7.66. The van der Waals surface area contributed by atoms with Gasteiger partial charge < -0.3 is 5.11 Å². The Labute approximate surface area is 110 Å². The van der Waals surface area contributed by atoms with Crippen LogP contribution in [0.2, 0.25) is 0 Å². The molecule has 1 atom stereocenters. The molecule has 0 saturated heterocycles. The van der Waals surface area contributed by atoms with E-state index in [1.807, 2.05) is 6.07 Å². The highest BCUT2D eigenvalue weighted by atomic mass is 19.1. The van der Waals surface area contributed by atoms with Gasteiger partial charge in [-0.25, -0.2) is 4.39 Å². The van der Waals surface area contributed by atoms with Crippen LogP contribution in [0.4, 0.5) is 4.39 Å². The van der Waals surface area contributed by atoms with Crippen LogP contribution in [-0.4, -0.2) is 11.2 Å². The maximum Gasteiger partial charge on any atom is 0.123 e. The lowest BCUT2D eigenvalue weighted by atomic mass is 10.0. The molecular weight excluding hydrogens is 227 g/mol. The van der Waals surface area contributed by atoms with Gasteiger partial charge in [0.15, 0.2) is 0 Å². The fourth-order valence-electron chi connectivity index (χ4n) is 2.20. The number of hydrogen-bond donors (Lipinski definition) is 1. The van der Waals surface area contributed by atoms with Crippen molar-refractivity contribution in [3.8, 4) is 0 Å². The molecule has 1 N–H and O–H groups in total. The maximum absolute atomic E-state index is 13.0. The quantitative estimate of drug-likeness (QED) is 0.642. The molecule has 1 nitrogen and oxygen atoms in total. The van der Waals surface area contributed by atoms with E-state index >= 15 is 0 Å². The van der Waals surface area contributed by atoms with Gasteiger partial charge in [0.1, 0.15) is 5.82 Å². The molecule has 0 heterocycles. The van der Waals surface area contributed by atoms with Crippen LogP contribution in [0.25, 0.3) is 0 Å². The van der Waals surface area contributed by atoms with E-state index in [1.165, 1.54) is 44.2 Å². The average molecular weight is 252 g/mol. The van der Waals surface area contributed by atoms with Crippen LogP contribution >= 0.6 is 0 Å². The number of aliphatic hydroxyl groups excluding tert-OH is 1. The number of rotatable bonds is 9. The van der Waals surface area contributed by atoms with E-state index in [0.717, 1.165) is 18.4 Å². The molecule has 0 spiro atoms. The normalized spacial score (nSPS) is 12.6. The first-order valence-electron chi connectivity index (χ1n) is 7.15. The third-order valence-corrected chi connectivity index (χ3v) is 3.25. The number of aliphatic hydroxyl groups is 1. The van der Waals surface area contributed by atoms with Crippen LogP contribution in [0.5, 0.6) is 0 Å². The van der Waals surface area contributed by atoms with Gasteiger partial charge in [0.25, 0.3) is 0 Å². The molecule has 0 radical (unpaired) electrons. The van der Waals surface area contributed by atoms with Crippen molar-refractivity contribution in [2.75, 3.05) is 0 Å². The standard InChI is InChI=1S/C16H25FO/c1-2-3-4-5-6-7-11-16(18)13-14-9-8-10-15(17)12-14/h8-10,12,16,18H,2-7,11,13H2,1H3. The topological polar surface area (TPSA) is 20.2 Å². The Morgan fingerprint density at radius 1 is 1.11 bits per heavy atom. The lowest BCUT2D eigenvalue weighted by Gasteiger charge is -2.10. The zero-order chi connectivity index (χ0) is 13.2. The first-order valence-corrected chi connectivity index (χ1v) is 7.15. The van der Waals surface area contributed by atoms with Gasteiger partial charge in [0.05, 0.1) is 6.10 Å². The molecule has 1 rings (SSSR count). The largest absolute Gasteiger partial charge is 0.393 e. The molecule has 0 aliphatic carbocycles. The van der Waals surface area contributed by atoms with E-state index in [4.69, 9.17) is 0 Å². The van der Waals surface area contributed by atoms with E-state index < -0.39 is 0 Å². The van der Waals surface area contributed by atoms with E-state index in [2.05, 4.69) is 6.92 Å². The summed E-state index contributed by atoms with van der Waals surface area (Å²) < 4.78 is 13.0. The van der Waals surface area contributed by atoms with Crippen molar-refractivity contribution in [3.63, 3.8) is 0 Å². The third-order valence-electron chi connectivity index (χ3n) is 3.25. The summed E-state index contributed by atoms with van der Waals surface area (Å²) in [6.07, 6.45) is 8.46. The van der Waals surface area contributed by atoms with Crippen LogP contribution < -0.4 is 0 Å². The molecule has 0 bridgehead atoms. The summed E-state index contributed by atoms with van der Waals surface area (Å²) in [5.41, 5.74) is 0.883. The number of unbranched alkanes of at least 4 members (excludes halogenated alkanes) is 5. The first kappa shape index (κ1) is 15.2. The van der Waals surface area contributed by atoms with Crippen molar-refractivity contribution in [1.82, 2.24) is 0 Å². The van der Waals surface area contributed by atoms with Gasteiger partial charge in [-0.15, -0.1) is 0 Å². The Morgan fingerprint density at radius 2 is 1.83 bits per heavy atom. The van der Waals surface area contributed by atoms with Gasteiger partial charge in [0.2, 0.25) is 0 Å². The van der Waals surface area contributed by atoms with Gasteiger partial charge in [-0.1, -0.05) is 57.6 Å². The third kappa shape index (κ3) is 6.75. The highest BCUT2D eigenvalue weighted by molar-refractivity contribution is 5.16. The monoisotopic (exact) mass is 252 g/mol. The second kappa shape index (κ2) is 9.09. The van der Waals surface area contributed by atoms with Crippen LogP contribution in [0.15, 0.2) is 24.3 Å². The molecule has 18 heavy (non-hydrogen) atoms. The summed E-state index contributed by atoms with van der Waals surface area (Å²) in [7, 11) is 0. The summed E-state index contributed by atoms with van der Waals surface area (Å²) in [4.78, 5) is 0. The molecule has 2 heteroatoms. The Balaban J connectivity index is 2.12. The highest BCUT2D eigenvalue weighted by Crippen LogP contribution is 2.12. The molecule has 0 saturated carbocycles. The molecule has 0 aromatic heterocycles. The van der Waals surface area contributed by atoms with Gasteiger partial charge in [-0.2, -0.15) is 0 Å². The average Bonchev–Trinajstić information content (AvgIpc) is 2.33. The number of hydrogen-bond acceptors (Lipinski definition) is 1. The molecule has 0 fully saturated rings. The summed E-state index contributed by atoms with van der Waals surface area (Å²) >= 11 is 0. The predicted molar refractivity (Wildman–Crippen MR) is 74.1 cm³/mol. The van der Waals surface area contributed by atoms with E-state index in [9.17, 15) is 9.50 Å². The first-order chi connectivity index (χ1) is 8.72. The van der Waals surface area contributed by atoms with E-state index in [-0.39, 0.29) is 11.9 Å². The summed E-state index contributed by atoms with van der Waals surface area (Å²) in [6, 6.07) is 6.50. The van der Waals surface area contributed by atoms with Crippen molar-refractivity contribution in [1.29, 1.82) is 0 Å². The fraction of sp³-hybridized carbons (Fsp3) is 0.625.